The third kappa shape index (κ3) is 2.49. The van der Waals surface area contributed by atoms with E-state index in [1.54, 1.807) is 6.20 Å². The smallest absolute Gasteiger partial charge is 0.263 e. The number of nitrogen functional groups attached to an aromatic ring is 1. The number of nitrogens with two attached hydrogens (primary N) is 1. The van der Waals surface area contributed by atoms with Crippen LogP contribution in [0.2, 0.25) is 0 Å². The van der Waals surface area contributed by atoms with Crippen molar-refractivity contribution in [1.82, 2.24) is 10.1 Å². The highest BCUT2D eigenvalue weighted by molar-refractivity contribution is 7.13. The van der Waals surface area contributed by atoms with Crippen LogP contribution in [0.25, 0.3) is 10.7 Å². The number of hydrogen-bond acceptors (Lipinski definition) is 6. The number of aryl methyl sites for hydroxylation is 2. The predicted molar refractivity (Wildman–Crippen MR) is 88.4 cm³/mol. The van der Waals surface area contributed by atoms with E-state index in [-0.39, 0.29) is 17.4 Å². The Kier molecular flexibility index (Phi) is 3.34. The Morgan fingerprint density at radius 2 is 2.17 bits per heavy atom. The molecule has 0 saturated heterocycles. The predicted octanol–water partition coefficient (Wildman–Crippen LogP) is 3.12. The molecule has 1 aromatic carbocycles. The summed E-state index contributed by atoms with van der Waals surface area (Å²) in [7, 11) is 0. The first-order valence-corrected chi connectivity index (χ1v) is 8.18. The molecule has 0 fully saturated rings. The average Bonchev–Trinajstić information content (AvgIpc) is 3.26. The lowest BCUT2D eigenvalue weighted by atomic mass is 10.1. The number of nitrogens with zero attached hydrogens (tertiary/aromatic N) is 2. The van der Waals surface area contributed by atoms with Gasteiger partial charge in [-0.1, -0.05) is 11.2 Å². The summed E-state index contributed by atoms with van der Waals surface area (Å²) in [4.78, 5) is 16.8. The molecule has 1 aliphatic rings. The molecule has 0 aliphatic heterocycles. The van der Waals surface area contributed by atoms with Crippen molar-refractivity contribution < 1.29 is 9.32 Å². The van der Waals surface area contributed by atoms with Gasteiger partial charge >= 0.3 is 0 Å². The number of fused-ring (bicyclic) bond motifs is 1. The number of anilines is 2. The molecule has 3 aromatic rings. The fraction of sp³-hybridized carbons (Fsp3) is 0.188. The fourth-order valence-electron chi connectivity index (χ4n) is 2.85. The summed E-state index contributed by atoms with van der Waals surface area (Å²) < 4.78 is 4.99. The molecule has 0 saturated carbocycles. The summed E-state index contributed by atoms with van der Waals surface area (Å²) >= 11 is 1.37. The van der Waals surface area contributed by atoms with Crippen molar-refractivity contribution in [2.75, 3.05) is 11.1 Å². The van der Waals surface area contributed by atoms with Crippen molar-refractivity contribution in [2.45, 2.75) is 19.3 Å². The Labute approximate surface area is 136 Å². The van der Waals surface area contributed by atoms with E-state index in [2.05, 4.69) is 21.5 Å². The lowest BCUT2D eigenvalue weighted by molar-refractivity contribution is 0.102. The van der Waals surface area contributed by atoms with Crippen molar-refractivity contribution in [2.24, 2.45) is 0 Å². The van der Waals surface area contributed by atoms with Crippen molar-refractivity contribution in [3.63, 3.8) is 0 Å². The van der Waals surface area contributed by atoms with Gasteiger partial charge in [0.25, 0.3) is 5.91 Å². The Balaban J connectivity index is 1.64. The monoisotopic (exact) mass is 326 g/mol. The number of nitrogens with one attached hydrogen (secondary N) is 1. The Bertz CT molecular complexity index is 870. The highest BCUT2D eigenvalue weighted by Gasteiger charge is 2.24. The van der Waals surface area contributed by atoms with Gasteiger partial charge in [-0.2, -0.15) is 0 Å². The van der Waals surface area contributed by atoms with E-state index in [1.165, 1.54) is 28.9 Å². The largest absolute Gasteiger partial charge is 0.367 e. The standard InChI is InChI=1S/C16H14N4O2S/c17-14-12(13(20-22-14)16-18-6-7-23-16)15(21)19-11-5-4-9-2-1-3-10(9)8-11/h4-8H,1-3,17H2,(H,19,21). The Hall–Kier alpha value is -2.67. The van der Waals surface area contributed by atoms with E-state index < -0.39 is 0 Å². The van der Waals surface area contributed by atoms with Crippen molar-refractivity contribution >= 4 is 28.8 Å². The fourth-order valence-corrected chi connectivity index (χ4v) is 3.48. The van der Waals surface area contributed by atoms with E-state index in [0.717, 1.165) is 18.5 Å². The molecular formula is C16H14N4O2S. The molecule has 0 spiro atoms. The van der Waals surface area contributed by atoms with Gasteiger partial charge in [0.15, 0.2) is 5.69 Å². The van der Waals surface area contributed by atoms with Crippen LogP contribution in [-0.4, -0.2) is 16.0 Å². The molecule has 0 atom stereocenters. The van der Waals surface area contributed by atoms with Crippen LogP contribution in [0.3, 0.4) is 0 Å². The summed E-state index contributed by atoms with van der Waals surface area (Å²) in [5.41, 5.74) is 9.77. The van der Waals surface area contributed by atoms with Crippen LogP contribution in [0.4, 0.5) is 11.6 Å². The number of aromatic nitrogens is 2. The van der Waals surface area contributed by atoms with Gasteiger partial charge in [0, 0.05) is 17.3 Å². The number of amides is 1. The normalized spacial score (nSPS) is 13.0. The number of thiazole rings is 1. The second kappa shape index (κ2) is 5.51. The molecule has 2 aromatic heterocycles. The summed E-state index contributed by atoms with van der Waals surface area (Å²) in [5, 5.41) is 9.15. The van der Waals surface area contributed by atoms with E-state index in [0.29, 0.717) is 10.7 Å². The third-order valence-corrected chi connectivity index (χ3v) is 4.72. The zero-order chi connectivity index (χ0) is 15.8. The summed E-state index contributed by atoms with van der Waals surface area (Å²) in [6.07, 6.45) is 4.97. The third-order valence-electron chi connectivity index (χ3n) is 3.94. The molecule has 7 heteroatoms. The number of hydrogen-bond donors (Lipinski definition) is 2. The van der Waals surface area contributed by atoms with E-state index >= 15 is 0 Å². The van der Waals surface area contributed by atoms with Gasteiger partial charge in [0.05, 0.1) is 0 Å². The van der Waals surface area contributed by atoms with Gasteiger partial charge in [0.1, 0.15) is 10.6 Å². The topological polar surface area (TPSA) is 94.0 Å². The highest BCUT2D eigenvalue weighted by Crippen LogP contribution is 2.30. The van der Waals surface area contributed by atoms with Crippen LogP contribution in [0.15, 0.2) is 34.3 Å². The first-order chi connectivity index (χ1) is 11.2. The number of rotatable bonds is 3. The molecule has 6 nitrogen and oxygen atoms in total. The lowest BCUT2D eigenvalue weighted by Crippen LogP contribution is -2.14. The van der Waals surface area contributed by atoms with Crippen molar-refractivity contribution in [3.8, 4) is 10.7 Å². The molecule has 0 radical (unpaired) electrons. The zero-order valence-corrected chi connectivity index (χ0v) is 13.0. The van der Waals surface area contributed by atoms with Gasteiger partial charge in [-0.05, 0) is 42.5 Å². The zero-order valence-electron chi connectivity index (χ0n) is 12.2. The molecule has 23 heavy (non-hydrogen) atoms. The maximum atomic E-state index is 12.6. The molecule has 4 rings (SSSR count). The highest BCUT2D eigenvalue weighted by atomic mass is 32.1. The number of carbonyl (C=O) groups excluding carboxylic acids is 1. The maximum Gasteiger partial charge on any atom is 0.263 e. The minimum Gasteiger partial charge on any atom is -0.367 e. The van der Waals surface area contributed by atoms with E-state index in [9.17, 15) is 4.79 Å². The Morgan fingerprint density at radius 3 is 3.00 bits per heavy atom. The second-order valence-electron chi connectivity index (χ2n) is 5.40. The number of benzene rings is 1. The van der Waals surface area contributed by atoms with Crippen molar-refractivity contribution in [1.29, 1.82) is 0 Å². The number of carbonyl (C=O) groups is 1. The molecule has 3 N–H and O–H groups in total. The molecule has 1 amide bonds. The second-order valence-corrected chi connectivity index (χ2v) is 6.29. The first-order valence-electron chi connectivity index (χ1n) is 7.30. The molecule has 0 bridgehead atoms. The molecule has 0 unspecified atom stereocenters. The molecule has 116 valence electrons. The van der Waals surface area contributed by atoms with Gasteiger partial charge in [0.2, 0.25) is 5.88 Å². The van der Waals surface area contributed by atoms with Crippen LogP contribution in [0, 0.1) is 0 Å². The van der Waals surface area contributed by atoms with Gasteiger partial charge in [-0.25, -0.2) is 4.98 Å². The summed E-state index contributed by atoms with van der Waals surface area (Å²) in [6.45, 7) is 0. The van der Waals surface area contributed by atoms with Crippen LogP contribution >= 0.6 is 11.3 Å². The quantitative estimate of drug-likeness (QED) is 0.771. The van der Waals surface area contributed by atoms with E-state index in [1.807, 2.05) is 17.5 Å². The molecule has 1 aliphatic carbocycles. The van der Waals surface area contributed by atoms with Gasteiger partial charge < -0.3 is 15.6 Å². The Morgan fingerprint density at radius 1 is 1.30 bits per heavy atom. The van der Waals surface area contributed by atoms with Crippen LogP contribution in [0.5, 0.6) is 0 Å². The lowest BCUT2D eigenvalue weighted by Gasteiger charge is -2.07. The van der Waals surface area contributed by atoms with Crippen LogP contribution in [-0.2, 0) is 12.8 Å². The maximum absolute atomic E-state index is 12.6. The average molecular weight is 326 g/mol. The van der Waals surface area contributed by atoms with Gasteiger partial charge in [-0.3, -0.25) is 4.79 Å². The minimum absolute atomic E-state index is 0.00569. The van der Waals surface area contributed by atoms with E-state index in [4.69, 9.17) is 10.3 Å². The first kappa shape index (κ1) is 14.0. The van der Waals surface area contributed by atoms with Crippen LogP contribution < -0.4 is 11.1 Å². The van der Waals surface area contributed by atoms with Gasteiger partial charge in [-0.15, -0.1) is 11.3 Å². The molecule has 2 heterocycles. The summed E-state index contributed by atoms with van der Waals surface area (Å²) in [6, 6.07) is 6.00. The van der Waals surface area contributed by atoms with Crippen LogP contribution in [0.1, 0.15) is 27.9 Å². The SMILES string of the molecule is Nc1onc(-c2nccs2)c1C(=O)Nc1ccc2c(c1)CCC2. The minimum atomic E-state index is -0.341. The van der Waals surface area contributed by atoms with Crippen molar-refractivity contribution in [3.05, 3.63) is 46.5 Å². The molecular weight excluding hydrogens is 312 g/mol. The summed E-state index contributed by atoms with van der Waals surface area (Å²) in [5.74, 6) is -0.347.